The minimum Gasteiger partial charge on any atom is -0.354 e. The summed E-state index contributed by atoms with van der Waals surface area (Å²) in [5, 5.41) is 2.82. The van der Waals surface area contributed by atoms with Gasteiger partial charge in [0.15, 0.2) is 0 Å². The van der Waals surface area contributed by atoms with Gasteiger partial charge in [0.05, 0.1) is 0 Å². The largest absolute Gasteiger partial charge is 0.354 e. The second-order valence-electron chi connectivity index (χ2n) is 5.18. The van der Waals surface area contributed by atoms with E-state index in [2.05, 4.69) is 10.3 Å². The molecule has 20 heavy (non-hydrogen) atoms. The molecular formula is C14H22N4O2. The van der Waals surface area contributed by atoms with Gasteiger partial charge >= 0.3 is 0 Å². The predicted molar refractivity (Wildman–Crippen MR) is 75.0 cm³/mol. The highest BCUT2D eigenvalue weighted by Crippen LogP contribution is 2.09. The fraction of sp³-hybridized carbons (Fsp3) is 0.643. The Hall–Kier alpha value is -1.85. The van der Waals surface area contributed by atoms with Crippen molar-refractivity contribution in [2.24, 2.45) is 0 Å². The lowest BCUT2D eigenvalue weighted by molar-refractivity contribution is -0.138. The van der Waals surface area contributed by atoms with Crippen molar-refractivity contribution in [2.45, 2.75) is 45.7 Å². The lowest BCUT2D eigenvalue weighted by Crippen LogP contribution is -2.45. The monoisotopic (exact) mass is 278 g/mol. The first-order valence-corrected chi connectivity index (χ1v) is 7.14. The molecule has 6 heteroatoms. The van der Waals surface area contributed by atoms with Crippen molar-refractivity contribution >= 4 is 11.8 Å². The zero-order valence-electron chi connectivity index (χ0n) is 12.1. The number of rotatable bonds is 4. The Balaban J connectivity index is 1.84. The molecular weight excluding hydrogens is 256 g/mol. The average molecular weight is 278 g/mol. The highest BCUT2D eigenvalue weighted by Gasteiger charge is 2.27. The van der Waals surface area contributed by atoms with E-state index in [-0.39, 0.29) is 17.9 Å². The number of nitrogens with zero attached hydrogens (tertiary/aromatic N) is 3. The van der Waals surface area contributed by atoms with E-state index in [1.807, 2.05) is 17.7 Å². The summed E-state index contributed by atoms with van der Waals surface area (Å²) in [6.45, 7) is 5.83. The Morgan fingerprint density at radius 2 is 2.35 bits per heavy atom. The SMILES string of the molecule is Cc1nccn1CCCC(=O)N1CCCNC(=O)[C@@H]1C. The van der Waals surface area contributed by atoms with E-state index in [4.69, 9.17) is 0 Å². The van der Waals surface area contributed by atoms with Crippen LogP contribution in [0.1, 0.15) is 32.0 Å². The molecule has 0 radical (unpaired) electrons. The number of carbonyl (C=O) groups excluding carboxylic acids is 2. The molecule has 1 aromatic heterocycles. The van der Waals surface area contributed by atoms with Crippen molar-refractivity contribution in [2.75, 3.05) is 13.1 Å². The van der Waals surface area contributed by atoms with Gasteiger partial charge in [0, 0.05) is 38.4 Å². The molecule has 1 atom stereocenters. The van der Waals surface area contributed by atoms with Crippen LogP contribution in [0.4, 0.5) is 0 Å². The molecule has 2 rings (SSSR count). The molecule has 1 saturated heterocycles. The van der Waals surface area contributed by atoms with Gasteiger partial charge in [-0.15, -0.1) is 0 Å². The molecule has 6 nitrogen and oxygen atoms in total. The van der Waals surface area contributed by atoms with Crippen molar-refractivity contribution in [3.05, 3.63) is 18.2 Å². The third kappa shape index (κ3) is 3.37. The summed E-state index contributed by atoms with van der Waals surface area (Å²) in [6.07, 6.45) is 5.73. The molecule has 0 aromatic carbocycles. The maximum absolute atomic E-state index is 12.2. The van der Waals surface area contributed by atoms with Crippen LogP contribution in [0.25, 0.3) is 0 Å². The van der Waals surface area contributed by atoms with Crippen LogP contribution in [0.5, 0.6) is 0 Å². The number of amides is 2. The van der Waals surface area contributed by atoms with Crippen molar-refractivity contribution in [1.29, 1.82) is 0 Å². The first-order valence-electron chi connectivity index (χ1n) is 7.14. The Morgan fingerprint density at radius 1 is 1.55 bits per heavy atom. The molecule has 2 amide bonds. The van der Waals surface area contributed by atoms with Gasteiger partial charge in [0.1, 0.15) is 11.9 Å². The molecule has 1 aliphatic heterocycles. The summed E-state index contributed by atoms with van der Waals surface area (Å²) in [6, 6.07) is -0.361. The Labute approximate surface area is 119 Å². The molecule has 0 spiro atoms. The zero-order chi connectivity index (χ0) is 14.5. The number of aromatic nitrogens is 2. The number of nitrogens with one attached hydrogen (secondary N) is 1. The summed E-state index contributed by atoms with van der Waals surface area (Å²) < 4.78 is 2.03. The summed E-state index contributed by atoms with van der Waals surface area (Å²) >= 11 is 0. The van der Waals surface area contributed by atoms with E-state index in [1.54, 1.807) is 18.0 Å². The second kappa shape index (κ2) is 6.54. The Morgan fingerprint density at radius 3 is 3.05 bits per heavy atom. The van der Waals surface area contributed by atoms with Crippen LogP contribution in [0.2, 0.25) is 0 Å². The lowest BCUT2D eigenvalue weighted by atomic mass is 10.2. The van der Waals surface area contributed by atoms with Gasteiger partial charge in [-0.3, -0.25) is 9.59 Å². The maximum Gasteiger partial charge on any atom is 0.242 e. The normalized spacial score (nSPS) is 19.6. The van der Waals surface area contributed by atoms with E-state index in [0.29, 0.717) is 19.5 Å². The summed E-state index contributed by atoms with van der Waals surface area (Å²) in [4.78, 5) is 29.8. The number of imidazole rings is 1. The van der Waals surface area contributed by atoms with Gasteiger partial charge in [-0.1, -0.05) is 0 Å². The van der Waals surface area contributed by atoms with Gasteiger partial charge in [0.25, 0.3) is 0 Å². The van der Waals surface area contributed by atoms with Crippen molar-refractivity contribution < 1.29 is 9.59 Å². The molecule has 1 aromatic rings. The summed E-state index contributed by atoms with van der Waals surface area (Å²) in [5.74, 6) is 0.966. The van der Waals surface area contributed by atoms with Crippen LogP contribution in [-0.2, 0) is 16.1 Å². The van der Waals surface area contributed by atoms with Crippen molar-refractivity contribution in [1.82, 2.24) is 19.8 Å². The molecule has 2 heterocycles. The lowest BCUT2D eigenvalue weighted by Gasteiger charge is -2.25. The Bertz CT molecular complexity index is 483. The third-order valence-electron chi connectivity index (χ3n) is 3.76. The van der Waals surface area contributed by atoms with Crippen LogP contribution < -0.4 is 5.32 Å². The van der Waals surface area contributed by atoms with Gasteiger partial charge < -0.3 is 14.8 Å². The van der Waals surface area contributed by atoms with Crippen molar-refractivity contribution in [3.8, 4) is 0 Å². The smallest absolute Gasteiger partial charge is 0.242 e. The fourth-order valence-corrected chi connectivity index (χ4v) is 2.47. The molecule has 0 unspecified atom stereocenters. The van der Waals surface area contributed by atoms with E-state index >= 15 is 0 Å². The van der Waals surface area contributed by atoms with Crippen LogP contribution in [0.15, 0.2) is 12.4 Å². The molecule has 0 bridgehead atoms. The quantitative estimate of drug-likeness (QED) is 0.882. The van der Waals surface area contributed by atoms with Gasteiger partial charge in [-0.2, -0.15) is 0 Å². The van der Waals surface area contributed by atoms with Gasteiger partial charge in [0.2, 0.25) is 11.8 Å². The van der Waals surface area contributed by atoms with Crippen LogP contribution in [0, 0.1) is 6.92 Å². The second-order valence-corrected chi connectivity index (χ2v) is 5.18. The zero-order valence-corrected chi connectivity index (χ0v) is 12.1. The standard InChI is InChI=1S/C14H22N4O2/c1-11-14(20)16-6-4-9-18(11)13(19)5-3-8-17-10-7-15-12(17)2/h7,10-11H,3-6,8-9H2,1-2H3,(H,16,20)/t11-/m0/s1. The topological polar surface area (TPSA) is 67.2 Å². The first kappa shape index (κ1) is 14.6. The van der Waals surface area contributed by atoms with Crippen LogP contribution in [-0.4, -0.2) is 45.4 Å². The molecule has 1 N–H and O–H groups in total. The third-order valence-corrected chi connectivity index (χ3v) is 3.76. The van der Waals surface area contributed by atoms with Gasteiger partial charge in [-0.05, 0) is 26.7 Å². The van der Waals surface area contributed by atoms with E-state index in [0.717, 1.165) is 25.2 Å². The highest BCUT2D eigenvalue weighted by molar-refractivity contribution is 5.87. The van der Waals surface area contributed by atoms with Crippen LogP contribution in [0.3, 0.4) is 0 Å². The predicted octanol–water partition coefficient (Wildman–Crippen LogP) is 0.709. The van der Waals surface area contributed by atoms with Gasteiger partial charge in [-0.25, -0.2) is 4.98 Å². The Kier molecular flexibility index (Phi) is 4.76. The van der Waals surface area contributed by atoms with Crippen molar-refractivity contribution in [3.63, 3.8) is 0 Å². The molecule has 1 fully saturated rings. The average Bonchev–Trinajstić information content (AvgIpc) is 2.75. The molecule has 1 aliphatic rings. The summed E-state index contributed by atoms with van der Waals surface area (Å²) in [5.41, 5.74) is 0. The minimum atomic E-state index is -0.361. The molecule has 0 saturated carbocycles. The fourth-order valence-electron chi connectivity index (χ4n) is 2.47. The van der Waals surface area contributed by atoms with E-state index < -0.39 is 0 Å². The number of hydrogen-bond donors (Lipinski definition) is 1. The molecule has 0 aliphatic carbocycles. The first-order chi connectivity index (χ1) is 9.59. The number of hydrogen-bond acceptors (Lipinski definition) is 3. The number of carbonyl (C=O) groups is 2. The summed E-state index contributed by atoms with van der Waals surface area (Å²) in [7, 11) is 0. The maximum atomic E-state index is 12.2. The highest BCUT2D eigenvalue weighted by atomic mass is 16.2. The minimum absolute atomic E-state index is 0.0543. The van der Waals surface area contributed by atoms with Crippen LogP contribution >= 0.6 is 0 Å². The number of aryl methyl sites for hydroxylation is 2. The van der Waals surface area contributed by atoms with E-state index in [9.17, 15) is 9.59 Å². The molecule has 110 valence electrons. The van der Waals surface area contributed by atoms with E-state index in [1.165, 1.54) is 0 Å².